The molecular formula is C6H10N2O. The SMILES string of the molecule is CC1(C)CNC(=O)C=N1. The van der Waals surface area contributed by atoms with Gasteiger partial charge in [-0.25, -0.2) is 0 Å². The molecule has 0 spiro atoms. The lowest BCUT2D eigenvalue weighted by molar-refractivity contribution is -0.115. The van der Waals surface area contributed by atoms with Crippen molar-refractivity contribution >= 4 is 12.1 Å². The van der Waals surface area contributed by atoms with Gasteiger partial charge in [-0.2, -0.15) is 0 Å². The fraction of sp³-hybridized carbons (Fsp3) is 0.667. The fourth-order valence-electron chi connectivity index (χ4n) is 0.628. The first kappa shape index (κ1) is 6.26. The van der Waals surface area contributed by atoms with E-state index in [1.807, 2.05) is 13.8 Å². The van der Waals surface area contributed by atoms with Gasteiger partial charge in [0.25, 0.3) is 5.91 Å². The molecule has 50 valence electrons. The molecule has 1 N–H and O–H groups in total. The van der Waals surface area contributed by atoms with Crippen molar-refractivity contribution in [1.29, 1.82) is 0 Å². The number of rotatable bonds is 0. The molecule has 1 aliphatic heterocycles. The monoisotopic (exact) mass is 126 g/mol. The molecule has 0 unspecified atom stereocenters. The van der Waals surface area contributed by atoms with Gasteiger partial charge in [0.2, 0.25) is 0 Å². The number of nitrogens with one attached hydrogen (secondary N) is 1. The number of nitrogens with zero attached hydrogens (tertiary/aromatic N) is 1. The third-order valence-corrected chi connectivity index (χ3v) is 1.23. The molecule has 0 atom stereocenters. The highest BCUT2D eigenvalue weighted by Crippen LogP contribution is 2.07. The topological polar surface area (TPSA) is 41.5 Å². The maximum atomic E-state index is 10.5. The van der Waals surface area contributed by atoms with Crippen molar-refractivity contribution in [3.63, 3.8) is 0 Å². The summed E-state index contributed by atoms with van der Waals surface area (Å²) in [6.45, 7) is 4.59. The zero-order valence-corrected chi connectivity index (χ0v) is 5.64. The van der Waals surface area contributed by atoms with Gasteiger partial charge in [-0.05, 0) is 13.8 Å². The Hall–Kier alpha value is -0.860. The van der Waals surface area contributed by atoms with Crippen LogP contribution in [0.2, 0.25) is 0 Å². The van der Waals surface area contributed by atoms with Gasteiger partial charge in [0.1, 0.15) is 0 Å². The van der Waals surface area contributed by atoms with Crippen molar-refractivity contribution in [1.82, 2.24) is 5.32 Å². The quantitative estimate of drug-likeness (QED) is 0.486. The van der Waals surface area contributed by atoms with Crippen LogP contribution in [0.3, 0.4) is 0 Å². The summed E-state index contributed by atoms with van der Waals surface area (Å²) in [7, 11) is 0. The Bertz CT molecular complexity index is 160. The Morgan fingerprint density at radius 3 is 2.78 bits per heavy atom. The molecule has 3 nitrogen and oxygen atoms in total. The van der Waals surface area contributed by atoms with E-state index in [9.17, 15) is 4.79 Å². The Labute approximate surface area is 54.2 Å². The second-order valence-electron chi connectivity index (χ2n) is 2.79. The maximum Gasteiger partial charge on any atom is 0.262 e. The minimum absolute atomic E-state index is 0.0886. The van der Waals surface area contributed by atoms with E-state index in [0.29, 0.717) is 6.54 Å². The van der Waals surface area contributed by atoms with Crippen LogP contribution >= 0.6 is 0 Å². The fourth-order valence-corrected chi connectivity index (χ4v) is 0.628. The lowest BCUT2D eigenvalue weighted by Crippen LogP contribution is -2.42. The second-order valence-corrected chi connectivity index (χ2v) is 2.79. The lowest BCUT2D eigenvalue weighted by Gasteiger charge is -2.22. The van der Waals surface area contributed by atoms with Crippen molar-refractivity contribution in [3.05, 3.63) is 0 Å². The van der Waals surface area contributed by atoms with Gasteiger partial charge in [0, 0.05) is 6.54 Å². The number of amides is 1. The first-order valence-corrected chi connectivity index (χ1v) is 2.93. The Balaban J connectivity index is 2.69. The van der Waals surface area contributed by atoms with Crippen molar-refractivity contribution in [2.45, 2.75) is 19.4 Å². The summed E-state index contributed by atoms with van der Waals surface area (Å²) in [5.41, 5.74) is -0.103. The molecule has 0 fully saturated rings. The standard InChI is InChI=1S/C6H10N2O/c1-6(2)4-7-5(9)3-8-6/h3H,4H2,1-2H3,(H,7,9). The summed E-state index contributed by atoms with van der Waals surface area (Å²) >= 11 is 0. The van der Waals surface area contributed by atoms with Gasteiger partial charge < -0.3 is 5.32 Å². The van der Waals surface area contributed by atoms with E-state index >= 15 is 0 Å². The van der Waals surface area contributed by atoms with Crippen molar-refractivity contribution < 1.29 is 4.79 Å². The minimum atomic E-state index is -0.103. The van der Waals surface area contributed by atoms with Crippen LogP contribution in [0.1, 0.15) is 13.8 Å². The van der Waals surface area contributed by atoms with E-state index in [4.69, 9.17) is 0 Å². The van der Waals surface area contributed by atoms with Crippen LogP contribution in [0.5, 0.6) is 0 Å². The summed E-state index contributed by atoms with van der Waals surface area (Å²) < 4.78 is 0. The predicted octanol–water partition coefficient (Wildman–Crippen LogP) is -0.0344. The van der Waals surface area contributed by atoms with Gasteiger partial charge >= 0.3 is 0 Å². The molecule has 0 aliphatic carbocycles. The molecule has 0 bridgehead atoms. The van der Waals surface area contributed by atoms with Crippen molar-refractivity contribution in [3.8, 4) is 0 Å². The molecule has 0 radical (unpaired) electrons. The summed E-state index contributed by atoms with van der Waals surface area (Å²) in [4.78, 5) is 14.5. The Morgan fingerprint density at radius 2 is 2.44 bits per heavy atom. The molecule has 3 heteroatoms. The number of aliphatic imine (C=N–C) groups is 1. The molecule has 1 heterocycles. The Morgan fingerprint density at radius 1 is 1.78 bits per heavy atom. The first-order chi connectivity index (χ1) is 4.10. The highest BCUT2D eigenvalue weighted by atomic mass is 16.1. The summed E-state index contributed by atoms with van der Waals surface area (Å²) in [6, 6.07) is 0. The van der Waals surface area contributed by atoms with E-state index in [2.05, 4.69) is 10.3 Å². The molecule has 1 aliphatic rings. The lowest BCUT2D eigenvalue weighted by atomic mass is 10.1. The van der Waals surface area contributed by atoms with Gasteiger partial charge in [-0.1, -0.05) is 0 Å². The van der Waals surface area contributed by atoms with Crippen LogP contribution in [-0.4, -0.2) is 24.2 Å². The number of carbonyl (C=O) groups is 1. The second kappa shape index (κ2) is 1.83. The van der Waals surface area contributed by atoms with Crippen LogP contribution in [0.4, 0.5) is 0 Å². The van der Waals surface area contributed by atoms with E-state index in [-0.39, 0.29) is 11.4 Å². The summed E-state index contributed by atoms with van der Waals surface area (Å²) in [5.74, 6) is -0.0886. The Kier molecular flexibility index (Phi) is 1.27. The van der Waals surface area contributed by atoms with Crippen LogP contribution in [0, 0.1) is 0 Å². The van der Waals surface area contributed by atoms with Crippen molar-refractivity contribution in [2.75, 3.05) is 6.54 Å². The average molecular weight is 126 g/mol. The third kappa shape index (κ3) is 1.52. The molecule has 0 aromatic rings. The van der Waals surface area contributed by atoms with E-state index in [1.54, 1.807) is 0 Å². The maximum absolute atomic E-state index is 10.5. The zero-order chi connectivity index (χ0) is 6.91. The molecule has 0 aromatic heterocycles. The molecule has 0 aromatic carbocycles. The first-order valence-electron chi connectivity index (χ1n) is 2.93. The van der Waals surface area contributed by atoms with Gasteiger partial charge in [-0.3, -0.25) is 9.79 Å². The molecular weight excluding hydrogens is 116 g/mol. The van der Waals surface area contributed by atoms with Crippen molar-refractivity contribution in [2.24, 2.45) is 4.99 Å². The van der Waals surface area contributed by atoms with Crippen LogP contribution in [-0.2, 0) is 4.79 Å². The average Bonchev–Trinajstić information content (AvgIpc) is 1.78. The normalized spacial score (nSPS) is 23.6. The number of carbonyl (C=O) groups excluding carboxylic acids is 1. The van der Waals surface area contributed by atoms with E-state index in [0.717, 1.165) is 0 Å². The van der Waals surface area contributed by atoms with Gasteiger partial charge in [0.15, 0.2) is 0 Å². The highest BCUT2D eigenvalue weighted by molar-refractivity contribution is 6.26. The zero-order valence-electron chi connectivity index (χ0n) is 5.64. The summed E-state index contributed by atoms with van der Waals surface area (Å²) in [6.07, 6.45) is 1.34. The molecule has 0 saturated heterocycles. The van der Waals surface area contributed by atoms with Gasteiger partial charge in [0.05, 0.1) is 11.8 Å². The molecule has 9 heavy (non-hydrogen) atoms. The molecule has 0 saturated carbocycles. The van der Waals surface area contributed by atoms with Crippen LogP contribution in [0.25, 0.3) is 0 Å². The van der Waals surface area contributed by atoms with Crippen LogP contribution < -0.4 is 5.32 Å². The smallest absolute Gasteiger partial charge is 0.262 e. The molecule has 1 rings (SSSR count). The van der Waals surface area contributed by atoms with Crippen LogP contribution in [0.15, 0.2) is 4.99 Å². The third-order valence-electron chi connectivity index (χ3n) is 1.23. The van der Waals surface area contributed by atoms with E-state index in [1.165, 1.54) is 6.21 Å². The number of hydrogen-bond donors (Lipinski definition) is 1. The highest BCUT2D eigenvalue weighted by Gasteiger charge is 2.19. The number of hydrogen-bond acceptors (Lipinski definition) is 2. The van der Waals surface area contributed by atoms with Gasteiger partial charge in [-0.15, -0.1) is 0 Å². The summed E-state index contributed by atoms with van der Waals surface area (Å²) in [5, 5.41) is 2.68. The molecule has 1 amide bonds. The van der Waals surface area contributed by atoms with E-state index < -0.39 is 0 Å². The largest absolute Gasteiger partial charge is 0.349 e. The predicted molar refractivity (Wildman–Crippen MR) is 35.6 cm³/mol. The minimum Gasteiger partial charge on any atom is -0.349 e.